The summed E-state index contributed by atoms with van der Waals surface area (Å²) in [4.78, 5) is 12.7. The monoisotopic (exact) mass is 1360 g/mol. The summed E-state index contributed by atoms with van der Waals surface area (Å²) in [6, 6.07) is 9.95. The molecule has 0 bridgehead atoms. The van der Waals surface area contributed by atoms with Crippen LogP contribution in [0.2, 0.25) is 0 Å². The molecule has 0 aliphatic carbocycles. The summed E-state index contributed by atoms with van der Waals surface area (Å²) < 4.78 is 106. The summed E-state index contributed by atoms with van der Waals surface area (Å²) in [5.41, 5.74) is 3.47. The predicted molar refractivity (Wildman–Crippen MR) is 223 cm³/mol. The fourth-order valence-corrected chi connectivity index (χ4v) is 3.75. The van der Waals surface area contributed by atoms with E-state index >= 15 is 0 Å². The van der Waals surface area contributed by atoms with Gasteiger partial charge in [0.05, 0.1) is 20.0 Å². The molecule has 51 heavy (non-hydrogen) atoms. The number of carboxylic acids is 1. The number of nitrogens with zero attached hydrogens (tertiary/aromatic N) is 1. The van der Waals surface area contributed by atoms with Crippen molar-refractivity contribution in [3.63, 3.8) is 0 Å². The van der Waals surface area contributed by atoms with E-state index < -0.39 is 69.5 Å². The van der Waals surface area contributed by atoms with Gasteiger partial charge >= 0.3 is 72.3 Å². The molecule has 4 rings (SSSR count). The Bertz CT molecular complexity index is 1750. The van der Waals surface area contributed by atoms with Crippen LogP contribution in [0.25, 0.3) is 4.85 Å². The number of halogens is 15. The molecule has 284 valence electrons. The van der Waals surface area contributed by atoms with Crippen molar-refractivity contribution >= 4 is 135 Å². The van der Waals surface area contributed by atoms with Crippen LogP contribution < -0.4 is 10.5 Å². The van der Waals surface area contributed by atoms with Gasteiger partial charge in [-0.25, -0.2) is 44.8 Å². The Kier molecular flexibility index (Phi) is 33.8. The van der Waals surface area contributed by atoms with Gasteiger partial charge in [-0.1, -0.05) is 22.3 Å². The topological polar surface area (TPSA) is 76.9 Å². The molecule has 0 aromatic heterocycles. The Balaban J connectivity index is -0.000000179. The Hall–Kier alpha value is -0.266. The number of benzene rings is 4. The third kappa shape index (κ3) is 21.4. The van der Waals surface area contributed by atoms with Gasteiger partial charge in [0.25, 0.3) is 5.69 Å². The average molecular weight is 1370 g/mol. The van der Waals surface area contributed by atoms with E-state index in [0.29, 0.717) is 0 Å². The van der Waals surface area contributed by atoms with Crippen molar-refractivity contribution in [1.82, 2.24) is 0 Å². The van der Waals surface area contributed by atoms with Gasteiger partial charge in [0.15, 0.2) is 23.2 Å². The third-order valence-corrected chi connectivity index (χ3v) is 6.98. The second-order valence-corrected chi connectivity index (χ2v) is 46.3. The van der Waals surface area contributed by atoms with Gasteiger partial charge in [-0.2, -0.15) is 0 Å². The van der Waals surface area contributed by atoms with E-state index in [9.17, 15) is 39.9 Å². The number of aromatic carboxylic acids is 1. The van der Waals surface area contributed by atoms with Crippen LogP contribution in [-0.2, 0) is 4.92 Å². The van der Waals surface area contributed by atoms with Crippen LogP contribution in [0.4, 0.5) is 40.8 Å². The van der Waals surface area contributed by atoms with Crippen molar-refractivity contribution in [2.45, 2.75) is 22.3 Å². The minimum absolute atomic E-state index is 0. The summed E-state index contributed by atoms with van der Waals surface area (Å²) in [5, 5.41) is 8.37. The van der Waals surface area contributed by atoms with Crippen molar-refractivity contribution < 1.29 is 56.1 Å². The Labute approximate surface area is 363 Å². The predicted octanol–water partition coefficient (Wildman–Crippen LogP) is 15.1. The molecule has 0 amide bonds. The molecule has 21 heteroatoms. The molecule has 0 saturated carbocycles. The molecule has 4 aromatic carbocycles. The third-order valence-electron chi connectivity index (χ3n) is 4.50. The van der Waals surface area contributed by atoms with Crippen LogP contribution >= 0.6 is 124 Å². The number of ether oxygens (including phenoxy) is 1. The fourth-order valence-electron chi connectivity index (χ4n) is 2.54. The molecule has 0 saturated heterocycles. The molecule has 0 spiro atoms. The Morgan fingerprint density at radius 2 is 1.14 bits per heavy atom. The maximum absolute atomic E-state index is 13.0. The first-order valence-electron chi connectivity index (χ1n) is 11.5. The molecule has 0 unspecified atom stereocenters. The maximum atomic E-state index is 13.0. The molecule has 3 N–H and O–H groups in total. The first-order chi connectivity index (χ1) is 22.3. The molecule has 0 radical (unpaired) electrons. The number of rotatable bonds is 3. The molecular formula is C30H27Br4F8I3N2O3V+. The van der Waals surface area contributed by atoms with Crippen LogP contribution in [-0.4, -0.2) is 17.8 Å². The zero-order valence-electron chi connectivity index (χ0n) is 23.8. The molecule has 0 fully saturated rings. The summed E-state index contributed by atoms with van der Waals surface area (Å²) in [7, 11) is 0. The first kappa shape index (κ1) is 57.5. The van der Waals surface area contributed by atoms with Gasteiger partial charge in [0, 0.05) is 10.5 Å². The van der Waals surface area contributed by atoms with E-state index in [2.05, 4.69) is 133 Å². The summed E-state index contributed by atoms with van der Waals surface area (Å²) in [5.74, 6) is -8.60. The van der Waals surface area contributed by atoms with Crippen LogP contribution in [0, 0.1) is 53.1 Å². The van der Waals surface area contributed by atoms with Crippen LogP contribution in [0.3, 0.4) is 0 Å². The van der Waals surface area contributed by atoms with Gasteiger partial charge < -0.3 is 9.84 Å². The average Bonchev–Trinajstić information content (AvgIpc) is 3.00. The van der Waals surface area contributed by atoms with Gasteiger partial charge in [-0.3, -0.25) is 5.73 Å². The van der Waals surface area contributed by atoms with Crippen molar-refractivity contribution in [3.05, 3.63) is 136 Å². The van der Waals surface area contributed by atoms with E-state index in [0.717, 1.165) is 30.3 Å². The van der Waals surface area contributed by atoms with Gasteiger partial charge in [-0.15, -0.1) is 0 Å². The Morgan fingerprint density at radius 3 is 1.51 bits per heavy atom. The molecular weight excluding hydrogens is 1340 g/mol. The normalized spacial score (nSPS) is 9.10. The molecule has 5 nitrogen and oxygen atoms in total. The summed E-state index contributed by atoms with van der Waals surface area (Å²) >= 11 is 18.7. The van der Waals surface area contributed by atoms with Gasteiger partial charge in [0.2, 0.25) is 0 Å². The zero-order valence-corrected chi connectivity index (χ0v) is 37.0. The number of carboxylic acid groups (broad SMARTS) is 1. The molecule has 0 aliphatic rings. The fraction of sp³-hybridized carbons (Fsp3) is 0.133. The standard InChI is InChI=1S/C7H6BrF2NO.C7H2BrF2N.C7H3BrF2O2.C6H3BrF2.3CH4.3HI.V/c8-4-1-2-5(9)7(6(4)10)12-3-11;1-11-7-5(9)3-2-4(8)6(7)10;8-3-1-2-4(9)5(6(3)10)7(11)12;7-5-2-1-4(8)3-6(5)9;;;;;;;/h1-2H,3,11H2;2-3H;1-2H,(H,11,12);1-3H;3*1H4;3*1H;/q;;;;;;;;;;+3/p-2. The number of nitrogens with two attached hydrogens (primary N) is 1. The van der Waals surface area contributed by atoms with E-state index in [1.807, 2.05) is 0 Å². The number of carbonyl (C=O) groups is 1. The second-order valence-electron chi connectivity index (χ2n) is 7.56. The van der Waals surface area contributed by atoms with Crippen LogP contribution in [0.1, 0.15) is 34.1 Å². The molecule has 0 atom stereocenters. The quantitative estimate of drug-likeness (QED) is 0.0705. The zero-order chi connectivity index (χ0) is 37.3. The van der Waals surface area contributed by atoms with Crippen LogP contribution in [0.15, 0.2) is 72.5 Å². The van der Waals surface area contributed by atoms with Crippen molar-refractivity contribution in [1.29, 1.82) is 0 Å². The van der Waals surface area contributed by atoms with E-state index in [4.69, 9.17) is 17.4 Å². The van der Waals surface area contributed by atoms with Gasteiger partial charge in [0.1, 0.15) is 41.4 Å². The van der Waals surface area contributed by atoms with E-state index in [1.165, 1.54) is 24.3 Å². The number of hydrogen-bond acceptors (Lipinski definition) is 3. The molecule has 0 heterocycles. The number of hydrogen-bond donors (Lipinski definition) is 2. The van der Waals surface area contributed by atoms with Gasteiger partial charge in [-0.05, 0) is 112 Å². The van der Waals surface area contributed by atoms with E-state index in [1.54, 1.807) is 0 Å². The molecule has 4 aromatic rings. The first-order valence-corrected chi connectivity index (χ1v) is 28.2. The minimum atomic E-state index is -1.62. The SMILES string of the molecule is C.C.C.Fc1ccc(Br)c(F)c1.NCOc1c(F)ccc(Br)c1F.O=C(O)c1c(F)ccc(Br)c1F.[C-]#[N+]c1c(F)ccc(Br)c1F.[H+].[I][V]([I])[I]. The van der Waals surface area contributed by atoms with Crippen molar-refractivity contribution in [2.75, 3.05) is 6.73 Å². The molecule has 0 aliphatic heterocycles. The summed E-state index contributed by atoms with van der Waals surface area (Å²) in [6.45, 7) is 6.19. The van der Waals surface area contributed by atoms with Crippen molar-refractivity contribution in [2.24, 2.45) is 5.73 Å². The summed E-state index contributed by atoms with van der Waals surface area (Å²) in [6.07, 6.45) is 0. The van der Waals surface area contributed by atoms with Crippen LogP contribution in [0.5, 0.6) is 5.75 Å². The van der Waals surface area contributed by atoms with E-state index in [-0.39, 0.29) is 53.2 Å². The second kappa shape index (κ2) is 30.0. The van der Waals surface area contributed by atoms with Crippen molar-refractivity contribution in [3.8, 4) is 5.75 Å². The Morgan fingerprint density at radius 1 is 0.725 bits per heavy atom.